The molecule has 0 radical (unpaired) electrons. The van der Waals surface area contributed by atoms with E-state index in [4.69, 9.17) is 10.2 Å². The molecule has 1 amide bonds. The lowest BCUT2D eigenvalue weighted by atomic mass is 10.4. The molecule has 0 saturated carbocycles. The molecule has 8 heteroatoms. The number of anilines is 1. The lowest BCUT2D eigenvalue weighted by molar-refractivity contribution is 0.0995. The third kappa shape index (κ3) is 3.06. The van der Waals surface area contributed by atoms with Gasteiger partial charge in [-0.2, -0.15) is 0 Å². The van der Waals surface area contributed by atoms with Crippen LogP contribution in [0.3, 0.4) is 0 Å². The highest BCUT2D eigenvalue weighted by atomic mass is 32.1. The molecule has 0 fully saturated rings. The van der Waals surface area contributed by atoms with Crippen molar-refractivity contribution >= 4 is 23.1 Å². The van der Waals surface area contributed by atoms with Gasteiger partial charge in [0.05, 0.1) is 29.5 Å². The van der Waals surface area contributed by atoms with E-state index in [1.807, 2.05) is 17.5 Å². The van der Waals surface area contributed by atoms with Crippen molar-refractivity contribution in [3.63, 3.8) is 0 Å². The number of nitrogens with zero attached hydrogens (tertiary/aromatic N) is 3. The van der Waals surface area contributed by atoms with Crippen molar-refractivity contribution < 1.29 is 9.21 Å². The van der Waals surface area contributed by atoms with Gasteiger partial charge in [-0.3, -0.25) is 9.78 Å². The van der Waals surface area contributed by atoms with Crippen LogP contribution in [0.2, 0.25) is 0 Å². The average molecular weight is 301 g/mol. The normalized spacial score (nSPS) is 10.5. The zero-order chi connectivity index (χ0) is 14.7. The van der Waals surface area contributed by atoms with Crippen molar-refractivity contribution in [2.45, 2.75) is 6.54 Å². The molecule has 7 nitrogen and oxygen atoms in total. The summed E-state index contributed by atoms with van der Waals surface area (Å²) >= 11 is 1.56. The Kier molecular flexibility index (Phi) is 3.61. The molecule has 0 aliphatic carbocycles. The first-order chi connectivity index (χ1) is 10.2. The van der Waals surface area contributed by atoms with E-state index in [1.165, 1.54) is 12.4 Å². The Morgan fingerprint density at radius 1 is 1.38 bits per heavy atom. The van der Waals surface area contributed by atoms with Crippen LogP contribution in [0.25, 0.3) is 10.8 Å². The van der Waals surface area contributed by atoms with E-state index >= 15 is 0 Å². The van der Waals surface area contributed by atoms with Crippen molar-refractivity contribution in [2.75, 3.05) is 5.32 Å². The molecule has 3 aromatic rings. The van der Waals surface area contributed by atoms with E-state index in [0.717, 1.165) is 10.6 Å². The van der Waals surface area contributed by atoms with E-state index in [0.29, 0.717) is 18.3 Å². The SMILES string of the molecule is NC(=O)c1cncc(NCc2coc(-c3cccs3)n2)n1. The van der Waals surface area contributed by atoms with Gasteiger partial charge in [0, 0.05) is 0 Å². The predicted molar refractivity (Wildman–Crippen MR) is 77.7 cm³/mol. The highest BCUT2D eigenvalue weighted by Gasteiger charge is 2.08. The third-order valence-electron chi connectivity index (χ3n) is 2.62. The van der Waals surface area contributed by atoms with Crippen LogP contribution in [0.5, 0.6) is 0 Å². The standard InChI is InChI=1S/C13H11N5O2S/c14-12(19)9-5-15-6-11(18-9)16-4-8-7-20-13(17-8)10-2-1-3-21-10/h1-3,5-7H,4H2,(H2,14,19)(H,16,18). The van der Waals surface area contributed by atoms with E-state index in [-0.39, 0.29) is 5.69 Å². The number of nitrogens with one attached hydrogen (secondary N) is 1. The number of primary amides is 1. The Morgan fingerprint density at radius 2 is 2.29 bits per heavy atom. The molecule has 3 heterocycles. The zero-order valence-corrected chi connectivity index (χ0v) is 11.6. The van der Waals surface area contributed by atoms with Gasteiger partial charge in [0.2, 0.25) is 5.89 Å². The summed E-state index contributed by atoms with van der Waals surface area (Å²) in [6.07, 6.45) is 4.40. The fraction of sp³-hybridized carbons (Fsp3) is 0.0769. The topological polar surface area (TPSA) is 107 Å². The quantitative estimate of drug-likeness (QED) is 0.745. The van der Waals surface area contributed by atoms with Gasteiger partial charge in [-0.25, -0.2) is 9.97 Å². The lowest BCUT2D eigenvalue weighted by Crippen LogP contribution is -2.14. The third-order valence-corrected chi connectivity index (χ3v) is 3.48. The van der Waals surface area contributed by atoms with Gasteiger partial charge >= 0.3 is 0 Å². The number of hydrogen-bond donors (Lipinski definition) is 2. The fourth-order valence-electron chi connectivity index (χ4n) is 1.65. The summed E-state index contributed by atoms with van der Waals surface area (Å²) in [6.45, 7) is 0.409. The molecule has 0 spiro atoms. The molecule has 3 rings (SSSR count). The van der Waals surface area contributed by atoms with Crippen LogP contribution in [0.15, 0.2) is 40.6 Å². The maximum Gasteiger partial charge on any atom is 0.268 e. The molecule has 0 saturated heterocycles. The van der Waals surface area contributed by atoms with Crippen LogP contribution in [0, 0.1) is 0 Å². The smallest absolute Gasteiger partial charge is 0.268 e. The second-order valence-electron chi connectivity index (χ2n) is 4.13. The number of amides is 1. The number of aromatic nitrogens is 3. The molecule has 3 aromatic heterocycles. The molecule has 0 aliphatic rings. The van der Waals surface area contributed by atoms with Gasteiger partial charge in [-0.15, -0.1) is 11.3 Å². The minimum atomic E-state index is -0.618. The molecule has 21 heavy (non-hydrogen) atoms. The number of oxazole rings is 1. The van der Waals surface area contributed by atoms with Gasteiger partial charge in [0.15, 0.2) is 0 Å². The molecule has 0 aromatic carbocycles. The molecule has 0 aliphatic heterocycles. The molecule has 0 bridgehead atoms. The Bertz CT molecular complexity index is 754. The number of thiophene rings is 1. The fourth-order valence-corrected chi connectivity index (χ4v) is 2.31. The number of hydrogen-bond acceptors (Lipinski definition) is 7. The maximum atomic E-state index is 11.0. The van der Waals surface area contributed by atoms with Crippen LogP contribution in [-0.4, -0.2) is 20.9 Å². The maximum absolute atomic E-state index is 11.0. The van der Waals surface area contributed by atoms with Gasteiger partial charge in [0.1, 0.15) is 17.8 Å². The van der Waals surface area contributed by atoms with E-state index in [2.05, 4.69) is 20.3 Å². The van der Waals surface area contributed by atoms with Crippen molar-refractivity contribution in [3.8, 4) is 10.8 Å². The summed E-state index contributed by atoms with van der Waals surface area (Å²) in [4.78, 5) is 24.3. The number of carbonyl (C=O) groups excluding carboxylic acids is 1. The van der Waals surface area contributed by atoms with Crippen molar-refractivity contribution in [1.29, 1.82) is 0 Å². The van der Waals surface area contributed by atoms with Gasteiger partial charge in [-0.1, -0.05) is 6.07 Å². The average Bonchev–Trinajstić information content (AvgIpc) is 3.16. The van der Waals surface area contributed by atoms with E-state index < -0.39 is 5.91 Å². The Morgan fingerprint density at radius 3 is 3.05 bits per heavy atom. The first-order valence-corrected chi connectivity index (χ1v) is 6.94. The van der Waals surface area contributed by atoms with Crippen LogP contribution in [0.1, 0.15) is 16.2 Å². The molecular formula is C13H11N5O2S. The van der Waals surface area contributed by atoms with Gasteiger partial charge in [0.25, 0.3) is 5.91 Å². The summed E-state index contributed by atoms with van der Waals surface area (Å²) in [5.74, 6) is 0.415. The molecule has 106 valence electrons. The van der Waals surface area contributed by atoms with Crippen molar-refractivity contribution in [2.24, 2.45) is 5.73 Å². The number of carbonyl (C=O) groups is 1. The lowest BCUT2D eigenvalue weighted by Gasteiger charge is -2.03. The monoisotopic (exact) mass is 301 g/mol. The highest BCUT2D eigenvalue weighted by molar-refractivity contribution is 7.13. The Balaban J connectivity index is 1.68. The summed E-state index contributed by atoms with van der Waals surface area (Å²) in [7, 11) is 0. The Labute approximate surface area is 123 Å². The van der Waals surface area contributed by atoms with Crippen LogP contribution < -0.4 is 11.1 Å². The first kappa shape index (κ1) is 13.3. The van der Waals surface area contributed by atoms with Crippen LogP contribution in [0.4, 0.5) is 5.82 Å². The van der Waals surface area contributed by atoms with Gasteiger partial charge in [-0.05, 0) is 11.4 Å². The first-order valence-electron chi connectivity index (χ1n) is 6.06. The zero-order valence-electron chi connectivity index (χ0n) is 10.8. The van der Waals surface area contributed by atoms with Crippen molar-refractivity contribution in [1.82, 2.24) is 15.0 Å². The van der Waals surface area contributed by atoms with E-state index in [1.54, 1.807) is 17.6 Å². The molecule has 0 atom stereocenters. The summed E-state index contributed by atoms with van der Waals surface area (Å²) in [6, 6.07) is 3.88. The molecule has 3 N–H and O–H groups in total. The summed E-state index contributed by atoms with van der Waals surface area (Å²) < 4.78 is 5.41. The van der Waals surface area contributed by atoms with Gasteiger partial charge < -0.3 is 15.5 Å². The minimum Gasteiger partial charge on any atom is -0.443 e. The number of rotatable bonds is 5. The Hall–Kier alpha value is -2.74. The second kappa shape index (κ2) is 5.71. The second-order valence-corrected chi connectivity index (χ2v) is 5.08. The predicted octanol–water partition coefficient (Wildman–Crippen LogP) is 1.90. The van der Waals surface area contributed by atoms with Crippen LogP contribution in [-0.2, 0) is 6.54 Å². The van der Waals surface area contributed by atoms with Crippen molar-refractivity contribution in [3.05, 3.63) is 47.6 Å². The molecular weight excluding hydrogens is 290 g/mol. The number of nitrogens with two attached hydrogens (primary N) is 1. The minimum absolute atomic E-state index is 0.111. The van der Waals surface area contributed by atoms with Crippen LogP contribution >= 0.6 is 11.3 Å². The summed E-state index contributed by atoms with van der Waals surface area (Å²) in [5, 5.41) is 4.98. The largest absolute Gasteiger partial charge is 0.443 e. The molecule has 0 unspecified atom stereocenters. The summed E-state index contributed by atoms with van der Waals surface area (Å²) in [5.41, 5.74) is 5.99. The highest BCUT2D eigenvalue weighted by Crippen LogP contribution is 2.23. The van der Waals surface area contributed by atoms with E-state index in [9.17, 15) is 4.79 Å².